The summed E-state index contributed by atoms with van der Waals surface area (Å²) in [5, 5.41) is 9.85. The molecule has 1 unspecified atom stereocenters. The van der Waals surface area contributed by atoms with E-state index in [1.54, 1.807) is 0 Å². The Morgan fingerprint density at radius 2 is 1.50 bits per heavy atom. The third kappa shape index (κ3) is 13.2. The van der Waals surface area contributed by atoms with Gasteiger partial charge in [0.2, 0.25) is 0 Å². The van der Waals surface area contributed by atoms with Crippen molar-refractivity contribution in [3.05, 3.63) is 11.8 Å². The Bertz CT molecular complexity index is 269. The molecule has 0 bridgehead atoms. The Morgan fingerprint density at radius 1 is 0.909 bits per heavy atom. The summed E-state index contributed by atoms with van der Waals surface area (Å²) in [5.74, 6) is 0.624. The molecule has 1 saturated heterocycles. The van der Waals surface area contributed by atoms with E-state index in [0.29, 0.717) is 11.9 Å². The lowest BCUT2D eigenvalue weighted by Crippen LogP contribution is -1.87. The van der Waals surface area contributed by atoms with Gasteiger partial charge in [-0.25, -0.2) is 0 Å². The van der Waals surface area contributed by atoms with E-state index in [0.717, 1.165) is 25.9 Å². The van der Waals surface area contributed by atoms with Crippen LogP contribution in [0.4, 0.5) is 0 Å². The normalized spacial score (nSPS) is 17.9. The van der Waals surface area contributed by atoms with Crippen LogP contribution in [0.15, 0.2) is 11.8 Å². The molecular weight excluding hydrogens is 272 g/mol. The van der Waals surface area contributed by atoms with Crippen molar-refractivity contribution in [3.8, 4) is 0 Å². The molecule has 1 N–H and O–H groups in total. The molecule has 0 aromatic carbocycles. The SMILES string of the molecule is CCCCCCCC/C=C(/O)CCCCCCCCC1CO1. The van der Waals surface area contributed by atoms with Crippen molar-refractivity contribution in [1.82, 2.24) is 0 Å². The number of hydrogen-bond acceptors (Lipinski definition) is 2. The molecule has 1 aliphatic rings. The highest BCUT2D eigenvalue weighted by atomic mass is 16.6. The molecule has 0 aromatic rings. The predicted molar refractivity (Wildman–Crippen MR) is 95.4 cm³/mol. The molecule has 0 aliphatic carbocycles. The molecule has 1 aliphatic heterocycles. The van der Waals surface area contributed by atoms with E-state index in [1.807, 2.05) is 0 Å². The summed E-state index contributed by atoms with van der Waals surface area (Å²) in [4.78, 5) is 0. The van der Waals surface area contributed by atoms with E-state index >= 15 is 0 Å². The van der Waals surface area contributed by atoms with Crippen molar-refractivity contribution >= 4 is 0 Å². The first-order valence-electron chi connectivity index (χ1n) is 9.82. The first kappa shape index (κ1) is 19.5. The van der Waals surface area contributed by atoms with Crippen LogP contribution in [0, 0.1) is 0 Å². The largest absolute Gasteiger partial charge is 0.513 e. The van der Waals surface area contributed by atoms with Crippen LogP contribution >= 0.6 is 0 Å². The van der Waals surface area contributed by atoms with Gasteiger partial charge in [-0.05, 0) is 31.8 Å². The van der Waals surface area contributed by atoms with E-state index in [9.17, 15) is 5.11 Å². The minimum absolute atomic E-state index is 0.605. The molecule has 22 heavy (non-hydrogen) atoms. The van der Waals surface area contributed by atoms with Gasteiger partial charge in [-0.15, -0.1) is 0 Å². The zero-order valence-electron chi connectivity index (χ0n) is 14.8. The Morgan fingerprint density at radius 3 is 2.18 bits per heavy atom. The van der Waals surface area contributed by atoms with Crippen molar-refractivity contribution in [2.24, 2.45) is 0 Å². The molecular formula is C20H38O2. The van der Waals surface area contributed by atoms with Crippen LogP contribution in [0.2, 0.25) is 0 Å². The predicted octanol–water partition coefficient (Wildman–Crippen LogP) is 6.70. The summed E-state index contributed by atoms with van der Waals surface area (Å²) in [5.41, 5.74) is 0. The van der Waals surface area contributed by atoms with Gasteiger partial charge in [-0.3, -0.25) is 0 Å². The van der Waals surface area contributed by atoms with E-state index < -0.39 is 0 Å². The fraction of sp³-hybridized carbons (Fsp3) is 0.900. The summed E-state index contributed by atoms with van der Waals surface area (Å²) < 4.78 is 5.21. The van der Waals surface area contributed by atoms with E-state index in [2.05, 4.69) is 13.0 Å². The number of aliphatic hydroxyl groups excluding tert-OH is 1. The Balaban J connectivity index is 1.77. The van der Waals surface area contributed by atoms with Gasteiger partial charge in [-0.1, -0.05) is 71.1 Å². The van der Waals surface area contributed by atoms with Crippen LogP contribution in [-0.2, 0) is 4.74 Å². The summed E-state index contributed by atoms with van der Waals surface area (Å²) in [6.45, 7) is 3.26. The smallest absolute Gasteiger partial charge is 0.0882 e. The fourth-order valence-electron chi connectivity index (χ4n) is 2.92. The molecule has 1 fully saturated rings. The maximum absolute atomic E-state index is 9.85. The Kier molecular flexibility index (Phi) is 12.5. The van der Waals surface area contributed by atoms with Crippen molar-refractivity contribution in [2.75, 3.05) is 6.61 Å². The van der Waals surface area contributed by atoms with Crippen LogP contribution in [0.1, 0.15) is 103 Å². The minimum Gasteiger partial charge on any atom is -0.513 e. The molecule has 1 heterocycles. The van der Waals surface area contributed by atoms with Gasteiger partial charge >= 0.3 is 0 Å². The highest BCUT2D eigenvalue weighted by Gasteiger charge is 2.20. The third-order valence-electron chi connectivity index (χ3n) is 4.55. The van der Waals surface area contributed by atoms with Crippen LogP contribution in [0.5, 0.6) is 0 Å². The average Bonchev–Trinajstić information content (AvgIpc) is 3.33. The lowest BCUT2D eigenvalue weighted by molar-refractivity contribution is 0.375. The molecule has 0 aromatic heterocycles. The molecule has 0 saturated carbocycles. The molecule has 0 radical (unpaired) electrons. The summed E-state index contributed by atoms with van der Waals surface area (Å²) in [7, 11) is 0. The molecule has 1 atom stereocenters. The molecule has 1 rings (SSSR count). The van der Waals surface area contributed by atoms with Gasteiger partial charge in [-0.2, -0.15) is 0 Å². The third-order valence-corrected chi connectivity index (χ3v) is 4.55. The zero-order valence-corrected chi connectivity index (χ0v) is 14.8. The number of ether oxygens (including phenoxy) is 1. The quantitative estimate of drug-likeness (QED) is 0.195. The summed E-state index contributed by atoms with van der Waals surface area (Å²) >= 11 is 0. The average molecular weight is 311 g/mol. The van der Waals surface area contributed by atoms with Crippen LogP contribution in [0.25, 0.3) is 0 Å². The number of hydrogen-bond donors (Lipinski definition) is 1. The topological polar surface area (TPSA) is 32.8 Å². The molecule has 2 heteroatoms. The minimum atomic E-state index is 0.605. The monoisotopic (exact) mass is 310 g/mol. The molecule has 2 nitrogen and oxygen atoms in total. The number of unbranched alkanes of at least 4 members (excludes halogenated alkanes) is 11. The summed E-state index contributed by atoms with van der Waals surface area (Å²) in [6.07, 6.45) is 21.6. The van der Waals surface area contributed by atoms with Crippen LogP contribution < -0.4 is 0 Å². The van der Waals surface area contributed by atoms with Gasteiger partial charge in [0.1, 0.15) is 0 Å². The number of allylic oxidation sites excluding steroid dienone is 2. The van der Waals surface area contributed by atoms with Gasteiger partial charge in [0, 0.05) is 6.42 Å². The second kappa shape index (κ2) is 14.1. The summed E-state index contributed by atoms with van der Waals surface area (Å²) in [6, 6.07) is 0. The second-order valence-electron chi connectivity index (χ2n) is 6.87. The highest BCUT2D eigenvalue weighted by Crippen LogP contribution is 2.18. The van der Waals surface area contributed by atoms with Gasteiger partial charge in [0.05, 0.1) is 18.5 Å². The standard InChI is InChI=1S/C20H38O2/c1-2-3-4-5-6-9-12-15-19(21)16-13-10-7-8-11-14-17-20-18-22-20/h15,20-21H,2-14,16-18H2,1H3/b19-15+. The van der Waals surface area contributed by atoms with Crippen molar-refractivity contribution in [2.45, 2.75) is 109 Å². The molecule has 0 amide bonds. The lowest BCUT2D eigenvalue weighted by atomic mass is 10.1. The van der Waals surface area contributed by atoms with Crippen LogP contribution in [-0.4, -0.2) is 17.8 Å². The number of aliphatic hydroxyl groups is 1. The number of rotatable bonds is 16. The first-order chi connectivity index (χ1) is 10.8. The Labute approximate surface area is 138 Å². The van der Waals surface area contributed by atoms with Crippen molar-refractivity contribution in [3.63, 3.8) is 0 Å². The maximum Gasteiger partial charge on any atom is 0.0882 e. The van der Waals surface area contributed by atoms with Crippen molar-refractivity contribution < 1.29 is 9.84 Å². The van der Waals surface area contributed by atoms with Gasteiger partial charge in [0.15, 0.2) is 0 Å². The second-order valence-corrected chi connectivity index (χ2v) is 6.87. The number of epoxide rings is 1. The van der Waals surface area contributed by atoms with E-state index in [-0.39, 0.29) is 0 Å². The maximum atomic E-state index is 9.85. The van der Waals surface area contributed by atoms with Crippen molar-refractivity contribution in [1.29, 1.82) is 0 Å². The van der Waals surface area contributed by atoms with E-state index in [4.69, 9.17) is 4.74 Å². The molecule has 0 spiro atoms. The first-order valence-corrected chi connectivity index (χ1v) is 9.82. The Hall–Kier alpha value is -0.500. The fourth-order valence-corrected chi connectivity index (χ4v) is 2.92. The lowest BCUT2D eigenvalue weighted by Gasteiger charge is -2.02. The zero-order chi connectivity index (χ0) is 15.9. The van der Waals surface area contributed by atoms with Gasteiger partial charge < -0.3 is 9.84 Å². The highest BCUT2D eigenvalue weighted by molar-refractivity contribution is 4.90. The molecule has 130 valence electrons. The van der Waals surface area contributed by atoms with Crippen LogP contribution in [0.3, 0.4) is 0 Å². The van der Waals surface area contributed by atoms with E-state index in [1.165, 1.54) is 77.0 Å². The van der Waals surface area contributed by atoms with Gasteiger partial charge in [0.25, 0.3) is 0 Å².